The molecule has 4 heteroatoms. The fourth-order valence-corrected chi connectivity index (χ4v) is 2.85. The number of hydrogen-bond acceptors (Lipinski definition) is 4. The van der Waals surface area contributed by atoms with Crippen LogP contribution < -0.4 is 5.32 Å². The molecule has 0 saturated carbocycles. The van der Waals surface area contributed by atoms with Gasteiger partial charge in [-0.25, -0.2) is 0 Å². The first-order valence-electron chi connectivity index (χ1n) is 7.14. The zero-order chi connectivity index (χ0) is 14.2. The van der Waals surface area contributed by atoms with Gasteiger partial charge in [-0.05, 0) is 36.8 Å². The van der Waals surface area contributed by atoms with Crippen LogP contribution in [0.5, 0.6) is 0 Å². The third-order valence-corrected chi connectivity index (χ3v) is 4.32. The van der Waals surface area contributed by atoms with Crippen LogP contribution in [0.3, 0.4) is 0 Å². The van der Waals surface area contributed by atoms with Crippen LogP contribution in [0, 0.1) is 5.92 Å². The molecule has 0 aliphatic carbocycles. The molecule has 2 rings (SSSR count). The number of nitrogens with one attached hydrogen (secondary N) is 1. The van der Waals surface area contributed by atoms with Crippen LogP contribution in [0.15, 0.2) is 40.8 Å². The van der Waals surface area contributed by atoms with E-state index in [2.05, 4.69) is 24.0 Å². The zero-order valence-corrected chi connectivity index (χ0v) is 12.8. The van der Waals surface area contributed by atoms with Gasteiger partial charge in [-0.2, -0.15) is 0 Å². The van der Waals surface area contributed by atoms with Gasteiger partial charge in [0.05, 0.1) is 10.6 Å². The molecule has 0 bridgehead atoms. The van der Waals surface area contributed by atoms with Crippen molar-refractivity contribution in [3.8, 4) is 10.6 Å². The Balaban J connectivity index is 1.73. The summed E-state index contributed by atoms with van der Waals surface area (Å²) < 4.78 is 5.35. The van der Waals surface area contributed by atoms with Gasteiger partial charge in [-0.1, -0.05) is 30.6 Å². The van der Waals surface area contributed by atoms with Gasteiger partial charge in [0.25, 0.3) is 0 Å². The second-order valence-corrected chi connectivity index (χ2v) is 5.87. The maximum atomic E-state index is 5.35. The average Bonchev–Trinajstić information content (AvgIpc) is 3.12. The topological polar surface area (TPSA) is 38.1 Å². The lowest BCUT2D eigenvalue weighted by Gasteiger charge is -2.12. The second kappa shape index (κ2) is 8.02. The van der Waals surface area contributed by atoms with E-state index in [1.54, 1.807) is 11.3 Å². The SMILES string of the molecule is C=CCC(CC)CCNCc1cc(-c2cccs2)on1. The first kappa shape index (κ1) is 15.0. The van der Waals surface area contributed by atoms with Crippen molar-refractivity contribution in [3.63, 3.8) is 0 Å². The molecule has 0 radical (unpaired) electrons. The van der Waals surface area contributed by atoms with Crippen LogP contribution in [-0.2, 0) is 6.54 Å². The van der Waals surface area contributed by atoms with E-state index in [0.717, 1.165) is 41.8 Å². The molecule has 0 spiro atoms. The maximum Gasteiger partial charge on any atom is 0.177 e. The normalized spacial score (nSPS) is 12.4. The number of thiophene rings is 1. The van der Waals surface area contributed by atoms with Crippen LogP contribution in [0.4, 0.5) is 0 Å². The quantitative estimate of drug-likeness (QED) is 0.546. The zero-order valence-electron chi connectivity index (χ0n) is 12.0. The molecule has 0 aliphatic heterocycles. The lowest BCUT2D eigenvalue weighted by molar-refractivity contribution is 0.415. The fourth-order valence-electron chi connectivity index (χ4n) is 2.18. The average molecular weight is 290 g/mol. The largest absolute Gasteiger partial charge is 0.355 e. The van der Waals surface area contributed by atoms with Crippen molar-refractivity contribution in [2.75, 3.05) is 6.54 Å². The van der Waals surface area contributed by atoms with Gasteiger partial charge in [-0.15, -0.1) is 17.9 Å². The Bertz CT molecular complexity index is 504. The van der Waals surface area contributed by atoms with Gasteiger partial charge in [0.15, 0.2) is 5.76 Å². The summed E-state index contributed by atoms with van der Waals surface area (Å²) in [6.07, 6.45) is 5.50. The first-order valence-corrected chi connectivity index (χ1v) is 8.02. The van der Waals surface area contributed by atoms with E-state index in [1.807, 2.05) is 29.7 Å². The van der Waals surface area contributed by atoms with E-state index < -0.39 is 0 Å². The van der Waals surface area contributed by atoms with Crippen molar-refractivity contribution in [3.05, 3.63) is 41.9 Å². The van der Waals surface area contributed by atoms with Crippen molar-refractivity contribution in [2.45, 2.75) is 32.7 Å². The Morgan fingerprint density at radius 3 is 3.15 bits per heavy atom. The third kappa shape index (κ3) is 4.32. The molecule has 2 heterocycles. The van der Waals surface area contributed by atoms with Crippen molar-refractivity contribution in [1.29, 1.82) is 0 Å². The molecule has 2 aromatic heterocycles. The van der Waals surface area contributed by atoms with Crippen LogP contribution in [0.2, 0.25) is 0 Å². The highest BCUT2D eigenvalue weighted by molar-refractivity contribution is 7.13. The van der Waals surface area contributed by atoms with Gasteiger partial charge in [-0.3, -0.25) is 0 Å². The van der Waals surface area contributed by atoms with Crippen LogP contribution in [0.1, 0.15) is 31.9 Å². The lowest BCUT2D eigenvalue weighted by Crippen LogP contribution is -2.17. The fraction of sp³-hybridized carbons (Fsp3) is 0.438. The molecule has 2 aromatic rings. The van der Waals surface area contributed by atoms with Crippen molar-refractivity contribution >= 4 is 11.3 Å². The predicted octanol–water partition coefficient (Wildman–Crippen LogP) is 4.49. The first-order chi connectivity index (χ1) is 9.83. The van der Waals surface area contributed by atoms with Crippen LogP contribution in [0.25, 0.3) is 10.6 Å². The highest BCUT2D eigenvalue weighted by Gasteiger charge is 2.08. The minimum Gasteiger partial charge on any atom is -0.355 e. The van der Waals surface area contributed by atoms with E-state index in [4.69, 9.17) is 4.52 Å². The molecule has 20 heavy (non-hydrogen) atoms. The molecule has 0 amide bonds. The predicted molar refractivity (Wildman–Crippen MR) is 84.7 cm³/mol. The summed E-state index contributed by atoms with van der Waals surface area (Å²) >= 11 is 1.67. The van der Waals surface area contributed by atoms with Gasteiger partial charge >= 0.3 is 0 Å². The standard InChI is InChI=1S/C16H22N2OS/c1-3-6-13(4-2)8-9-17-12-14-11-15(19-18-14)16-7-5-10-20-16/h3,5,7,10-11,13,17H,1,4,6,8-9,12H2,2H3. The lowest BCUT2D eigenvalue weighted by atomic mass is 9.99. The van der Waals surface area contributed by atoms with Crippen molar-refractivity contribution in [2.24, 2.45) is 5.92 Å². The maximum absolute atomic E-state index is 5.35. The molecule has 1 atom stereocenters. The Hall–Kier alpha value is -1.39. The highest BCUT2D eigenvalue weighted by Crippen LogP contribution is 2.25. The van der Waals surface area contributed by atoms with Gasteiger partial charge in [0.1, 0.15) is 0 Å². The summed E-state index contributed by atoms with van der Waals surface area (Å²) in [5.41, 5.74) is 0.963. The van der Waals surface area contributed by atoms with Gasteiger partial charge in [0, 0.05) is 12.6 Å². The van der Waals surface area contributed by atoms with Gasteiger partial charge in [0.2, 0.25) is 0 Å². The summed E-state index contributed by atoms with van der Waals surface area (Å²) in [5.74, 6) is 1.59. The molecular formula is C16H22N2OS. The number of rotatable bonds is 9. The molecule has 3 nitrogen and oxygen atoms in total. The molecule has 0 saturated heterocycles. The van der Waals surface area contributed by atoms with Gasteiger partial charge < -0.3 is 9.84 Å². The molecule has 1 N–H and O–H groups in total. The molecule has 0 aromatic carbocycles. The number of aromatic nitrogens is 1. The van der Waals surface area contributed by atoms with E-state index in [9.17, 15) is 0 Å². The molecule has 0 fully saturated rings. The second-order valence-electron chi connectivity index (χ2n) is 4.92. The Labute approximate surface area is 124 Å². The molecule has 1 unspecified atom stereocenters. The van der Waals surface area contributed by atoms with E-state index in [0.29, 0.717) is 0 Å². The summed E-state index contributed by atoms with van der Waals surface area (Å²) in [6.45, 7) is 7.82. The van der Waals surface area contributed by atoms with Crippen LogP contribution >= 0.6 is 11.3 Å². The molecular weight excluding hydrogens is 268 g/mol. The van der Waals surface area contributed by atoms with E-state index in [-0.39, 0.29) is 0 Å². The summed E-state index contributed by atoms with van der Waals surface area (Å²) in [6, 6.07) is 6.08. The minimum absolute atomic E-state index is 0.735. The Kier molecular flexibility index (Phi) is 6.02. The molecule has 108 valence electrons. The summed E-state index contributed by atoms with van der Waals surface area (Å²) in [4.78, 5) is 1.13. The van der Waals surface area contributed by atoms with E-state index >= 15 is 0 Å². The number of hydrogen-bond donors (Lipinski definition) is 1. The number of allylic oxidation sites excluding steroid dienone is 1. The summed E-state index contributed by atoms with van der Waals surface area (Å²) in [5, 5.41) is 9.57. The number of nitrogens with zero attached hydrogens (tertiary/aromatic N) is 1. The summed E-state index contributed by atoms with van der Waals surface area (Å²) in [7, 11) is 0. The monoisotopic (exact) mass is 290 g/mol. The Morgan fingerprint density at radius 1 is 1.55 bits per heavy atom. The Morgan fingerprint density at radius 2 is 2.45 bits per heavy atom. The minimum atomic E-state index is 0.735. The van der Waals surface area contributed by atoms with Crippen molar-refractivity contribution < 1.29 is 4.52 Å². The van der Waals surface area contributed by atoms with Crippen LogP contribution in [-0.4, -0.2) is 11.7 Å². The molecule has 0 aliphatic rings. The highest BCUT2D eigenvalue weighted by atomic mass is 32.1. The smallest absolute Gasteiger partial charge is 0.177 e. The van der Waals surface area contributed by atoms with E-state index in [1.165, 1.54) is 12.8 Å². The van der Waals surface area contributed by atoms with Crippen molar-refractivity contribution in [1.82, 2.24) is 10.5 Å². The third-order valence-electron chi connectivity index (χ3n) is 3.44.